The third-order valence-corrected chi connectivity index (χ3v) is 14.0. The number of hydrogen-bond donors (Lipinski definition) is 0. The van der Waals surface area contributed by atoms with Gasteiger partial charge in [-0.15, -0.1) is 0 Å². The van der Waals surface area contributed by atoms with E-state index in [0.29, 0.717) is 31.4 Å². The smallest absolute Gasteiger partial charge is 0.458 e. The molecule has 17 atom stereocenters. The quantitative estimate of drug-likeness (QED) is 0.128. The van der Waals surface area contributed by atoms with Crippen LogP contribution >= 0.6 is 0 Å². The molecule has 0 amide bonds. The molecule has 0 aromatic heterocycles. The van der Waals surface area contributed by atoms with E-state index in [4.69, 9.17) is 52.1 Å². The molecule has 4 fully saturated rings. The molecular formula is C49H76N2O15. The Labute approximate surface area is 391 Å². The number of methoxy groups -OCH3 is 1. The van der Waals surface area contributed by atoms with Crippen molar-refractivity contribution >= 4 is 24.2 Å². The van der Waals surface area contributed by atoms with Crippen molar-refractivity contribution in [3.63, 3.8) is 0 Å². The minimum absolute atomic E-state index is 0.000505. The summed E-state index contributed by atoms with van der Waals surface area (Å²) in [5, 5.41) is 0. The number of esters is 2. The summed E-state index contributed by atoms with van der Waals surface area (Å²) < 4.78 is 68.4. The molecule has 4 heterocycles. The largest absolute Gasteiger partial charge is 0.509 e. The van der Waals surface area contributed by atoms with Crippen LogP contribution in [0.25, 0.3) is 0 Å². The van der Waals surface area contributed by atoms with E-state index in [1.807, 2.05) is 84.1 Å². The van der Waals surface area contributed by atoms with Gasteiger partial charge >= 0.3 is 24.2 Å². The number of cyclic esters (lactones) is 1. The number of ether oxygens (including phenoxy) is 11. The standard InChI is InChI=1S/C49H76N2O15/c1-16-37-49(11)42(64-47(55)66-49)32(7)51(14)25-27(2)22-28(3)39(63-45-41(60-34(9)52)36(50(12)13)23-29(4)58-45)30(5)40(31(6)44(53)61-37)62-38-24-48(10,56-15)43(33(8)59-38)65-46(54)57-26-35-20-18-17-19-21-35/h17-21,27,29-33,36-43,45H,3,16,22-26H2,1-2,4-15H3/t27-,29-,30-,31-,32-,33+,36+,37-,38+,39+,40+,41-,42-,43+,45+,48-,49-/m1/s1. The predicted molar refractivity (Wildman–Crippen MR) is 241 cm³/mol. The molecule has 0 aliphatic carbocycles. The molecule has 372 valence electrons. The van der Waals surface area contributed by atoms with Crippen LogP contribution in [0, 0.1) is 17.8 Å². The average Bonchev–Trinajstić information content (AvgIpc) is 3.57. The molecule has 4 aliphatic rings. The van der Waals surface area contributed by atoms with E-state index in [-0.39, 0.29) is 37.1 Å². The van der Waals surface area contributed by atoms with Crippen LogP contribution in [0.15, 0.2) is 42.5 Å². The van der Waals surface area contributed by atoms with Crippen LogP contribution in [0.1, 0.15) is 100 Å². The number of fused-ring (bicyclic) bond motifs is 1. The van der Waals surface area contributed by atoms with Crippen LogP contribution in [-0.4, -0.2) is 154 Å². The van der Waals surface area contributed by atoms with Gasteiger partial charge in [0.1, 0.15) is 18.3 Å². The van der Waals surface area contributed by atoms with E-state index >= 15 is 0 Å². The summed E-state index contributed by atoms with van der Waals surface area (Å²) in [7, 11) is 7.31. The van der Waals surface area contributed by atoms with E-state index in [2.05, 4.69) is 18.4 Å². The van der Waals surface area contributed by atoms with Gasteiger partial charge in [-0.25, -0.2) is 9.59 Å². The number of likely N-dealkylation sites (N-methyl/N-ethyl adjacent to an activating group) is 2. The number of rotatable bonds is 11. The lowest BCUT2D eigenvalue weighted by molar-refractivity contribution is -0.305. The van der Waals surface area contributed by atoms with Gasteiger partial charge in [0.25, 0.3) is 0 Å². The number of carbonyl (C=O) groups is 4. The maximum absolute atomic E-state index is 14.7. The lowest BCUT2D eigenvalue weighted by Gasteiger charge is -2.48. The monoisotopic (exact) mass is 933 g/mol. The van der Waals surface area contributed by atoms with Crippen molar-refractivity contribution in [3.05, 3.63) is 48.0 Å². The molecule has 0 N–H and O–H groups in total. The summed E-state index contributed by atoms with van der Waals surface area (Å²) in [5.41, 5.74) is -0.961. The number of carbonyl (C=O) groups excluding carboxylic acids is 4. The lowest BCUT2D eigenvalue weighted by atomic mass is 9.83. The maximum Gasteiger partial charge on any atom is 0.509 e. The van der Waals surface area contributed by atoms with E-state index < -0.39 is 103 Å². The summed E-state index contributed by atoms with van der Waals surface area (Å²) in [5.74, 6) is -2.75. The van der Waals surface area contributed by atoms with Crippen LogP contribution in [0.2, 0.25) is 0 Å². The Kier molecular flexibility index (Phi) is 18.1. The van der Waals surface area contributed by atoms with Crippen LogP contribution in [-0.2, 0) is 68.3 Å². The second-order valence-electron chi connectivity index (χ2n) is 19.6. The van der Waals surface area contributed by atoms with Gasteiger partial charge in [0, 0.05) is 39.0 Å². The molecule has 17 heteroatoms. The SMILES string of the molecule is C=C1C[C@@H](C)CN(C)[C@H](C)[C@H]2OC(=O)O[C@]2(C)[C@@H](CC)OC(=O)[C@H](C)[C@@H](O[C@H]2C[C@@](C)(OC)[C@@H](OC(=O)OCc3ccccc3)[C@H](C)O2)[C@H](C)[C@H]1O[C@@H]1O[C@H](C)C[C@H](N(C)C)[C@H]1OC(C)=O. The third-order valence-electron chi connectivity index (χ3n) is 14.0. The van der Waals surface area contributed by atoms with Crippen molar-refractivity contribution in [2.45, 2.75) is 186 Å². The topological polar surface area (TPSA) is 176 Å². The summed E-state index contributed by atoms with van der Waals surface area (Å²) in [4.78, 5) is 57.4. The van der Waals surface area contributed by atoms with E-state index in [1.54, 1.807) is 27.7 Å². The molecule has 4 aliphatic heterocycles. The van der Waals surface area contributed by atoms with Gasteiger partial charge in [-0.3, -0.25) is 14.5 Å². The lowest BCUT2D eigenvalue weighted by Crippen LogP contribution is -2.59. The maximum atomic E-state index is 14.7. The van der Waals surface area contributed by atoms with Gasteiger partial charge in [0.05, 0.1) is 36.4 Å². The second kappa shape index (κ2) is 22.5. The van der Waals surface area contributed by atoms with Gasteiger partial charge < -0.3 is 57.0 Å². The second-order valence-corrected chi connectivity index (χ2v) is 19.6. The molecule has 0 unspecified atom stereocenters. The number of hydrogen-bond acceptors (Lipinski definition) is 17. The van der Waals surface area contributed by atoms with Crippen molar-refractivity contribution in [2.24, 2.45) is 17.8 Å². The first-order chi connectivity index (χ1) is 31.0. The normalized spacial score (nSPS) is 39.6. The Hall–Kier alpha value is -3.84. The van der Waals surface area contributed by atoms with Gasteiger partial charge in [0.15, 0.2) is 36.5 Å². The highest BCUT2D eigenvalue weighted by molar-refractivity contribution is 5.73. The Balaban J connectivity index is 1.53. The Bertz CT molecular complexity index is 1820. The summed E-state index contributed by atoms with van der Waals surface area (Å²) in [6.07, 6.45) is -8.49. The Morgan fingerprint density at radius 3 is 2.26 bits per heavy atom. The fraction of sp³-hybridized carbons (Fsp3) is 0.755. The highest BCUT2D eigenvalue weighted by Gasteiger charge is 2.58. The van der Waals surface area contributed by atoms with Gasteiger partial charge in [-0.2, -0.15) is 0 Å². The Morgan fingerprint density at radius 1 is 0.955 bits per heavy atom. The average molecular weight is 933 g/mol. The molecule has 1 aromatic carbocycles. The van der Waals surface area contributed by atoms with Crippen molar-refractivity contribution in [2.75, 3.05) is 34.8 Å². The predicted octanol–water partition coefficient (Wildman–Crippen LogP) is 6.82. The van der Waals surface area contributed by atoms with E-state index in [1.165, 1.54) is 14.0 Å². The fourth-order valence-electron chi connectivity index (χ4n) is 10.2. The van der Waals surface area contributed by atoms with Crippen LogP contribution in [0.3, 0.4) is 0 Å². The molecule has 5 rings (SSSR count). The van der Waals surface area contributed by atoms with Crippen LogP contribution in [0.4, 0.5) is 9.59 Å². The molecule has 1 aromatic rings. The molecule has 4 saturated heterocycles. The third kappa shape index (κ3) is 12.4. The van der Waals surface area contributed by atoms with E-state index in [9.17, 15) is 19.2 Å². The molecule has 66 heavy (non-hydrogen) atoms. The summed E-state index contributed by atoms with van der Waals surface area (Å²) in [6.45, 7) is 23.3. The van der Waals surface area contributed by atoms with Crippen LogP contribution < -0.4 is 0 Å². The minimum atomic E-state index is -1.32. The molecule has 17 nitrogen and oxygen atoms in total. The fourth-order valence-corrected chi connectivity index (χ4v) is 10.2. The Morgan fingerprint density at radius 2 is 1.64 bits per heavy atom. The van der Waals surface area contributed by atoms with Gasteiger partial charge in [0.2, 0.25) is 0 Å². The van der Waals surface area contributed by atoms with Crippen LogP contribution in [0.5, 0.6) is 0 Å². The summed E-state index contributed by atoms with van der Waals surface area (Å²) >= 11 is 0. The first kappa shape index (κ1) is 53.1. The first-order valence-electron chi connectivity index (χ1n) is 23.4. The number of nitrogens with zero attached hydrogens (tertiary/aromatic N) is 2. The van der Waals surface area contributed by atoms with Gasteiger partial charge in [-0.05, 0) is 99.0 Å². The summed E-state index contributed by atoms with van der Waals surface area (Å²) in [6, 6.07) is 8.69. The van der Waals surface area contributed by atoms with Crippen molar-refractivity contribution in [1.29, 1.82) is 0 Å². The zero-order valence-corrected chi connectivity index (χ0v) is 41.5. The molecule has 0 radical (unpaired) electrons. The first-order valence-corrected chi connectivity index (χ1v) is 23.4. The molecule has 0 saturated carbocycles. The zero-order chi connectivity index (χ0) is 48.8. The molecular weight excluding hydrogens is 857 g/mol. The highest BCUT2D eigenvalue weighted by Crippen LogP contribution is 2.41. The number of benzene rings is 1. The van der Waals surface area contributed by atoms with Crippen molar-refractivity contribution in [1.82, 2.24) is 9.80 Å². The highest BCUT2D eigenvalue weighted by atomic mass is 16.8. The van der Waals surface area contributed by atoms with E-state index in [0.717, 1.165) is 5.56 Å². The zero-order valence-electron chi connectivity index (χ0n) is 41.5. The van der Waals surface area contributed by atoms with Crippen molar-refractivity contribution in [3.8, 4) is 0 Å². The minimum Gasteiger partial charge on any atom is -0.458 e. The molecule has 0 bridgehead atoms. The van der Waals surface area contributed by atoms with Crippen molar-refractivity contribution < 1.29 is 71.3 Å². The van der Waals surface area contributed by atoms with Gasteiger partial charge in [-0.1, -0.05) is 57.7 Å². The molecule has 0 spiro atoms.